The lowest BCUT2D eigenvalue weighted by atomic mass is 10.4. The highest BCUT2D eigenvalue weighted by molar-refractivity contribution is 5.77. The van der Waals surface area contributed by atoms with Crippen LogP contribution in [0.2, 0.25) is 0 Å². The fourth-order valence-corrected chi connectivity index (χ4v) is 1.61. The van der Waals surface area contributed by atoms with Gasteiger partial charge in [-0.15, -0.1) is 0 Å². The van der Waals surface area contributed by atoms with E-state index in [0.717, 1.165) is 19.4 Å². The van der Waals surface area contributed by atoms with Crippen LogP contribution in [0.25, 0.3) is 0 Å². The van der Waals surface area contributed by atoms with E-state index in [4.69, 9.17) is 23.7 Å². The van der Waals surface area contributed by atoms with Gasteiger partial charge in [0.15, 0.2) is 0 Å². The Hall–Kier alpha value is -0.730. The van der Waals surface area contributed by atoms with Gasteiger partial charge in [-0.1, -0.05) is 27.2 Å². The van der Waals surface area contributed by atoms with Crippen LogP contribution in [-0.2, 0) is 28.5 Å². The molecule has 0 saturated carbocycles. The van der Waals surface area contributed by atoms with Gasteiger partial charge in [0.1, 0.15) is 6.61 Å². The van der Waals surface area contributed by atoms with Crippen molar-refractivity contribution in [2.24, 2.45) is 0 Å². The monoisotopic (exact) mass is 381 g/mol. The molecule has 0 radical (unpaired) electrons. The fourth-order valence-electron chi connectivity index (χ4n) is 1.61. The third-order valence-corrected chi connectivity index (χ3v) is 2.87. The first-order valence-corrected chi connectivity index (χ1v) is 9.86. The molecule has 7 nitrogen and oxygen atoms in total. The van der Waals surface area contributed by atoms with Gasteiger partial charge >= 0.3 is 0 Å². The molecule has 1 amide bonds. The highest BCUT2D eigenvalue weighted by Gasteiger charge is 2.00. The van der Waals surface area contributed by atoms with Gasteiger partial charge in [0.2, 0.25) is 5.91 Å². The summed E-state index contributed by atoms with van der Waals surface area (Å²) < 4.78 is 26.6. The quantitative estimate of drug-likeness (QED) is 0.368. The molecule has 0 heterocycles. The predicted octanol–water partition coefficient (Wildman–Crippen LogP) is 2.67. The van der Waals surface area contributed by atoms with Crippen molar-refractivity contribution < 1.29 is 29.9 Å². The van der Waals surface area contributed by atoms with Crippen LogP contribution >= 0.6 is 0 Å². The second-order valence-electron chi connectivity index (χ2n) is 5.51. The number of rotatable bonds is 18. The van der Waals surface area contributed by atoms with Crippen LogP contribution in [0.1, 0.15) is 48.9 Å². The number of ether oxygens (including phenoxy) is 5. The van der Waals surface area contributed by atoms with E-state index in [9.17, 15) is 4.79 Å². The van der Waals surface area contributed by atoms with E-state index in [1.54, 1.807) is 0 Å². The lowest BCUT2D eigenvalue weighted by molar-refractivity contribution is -0.126. The summed E-state index contributed by atoms with van der Waals surface area (Å²) in [7, 11) is 0. The van der Waals surface area contributed by atoms with Gasteiger partial charge in [-0.3, -0.25) is 4.79 Å². The highest BCUT2D eigenvalue weighted by atomic mass is 16.5. The van der Waals surface area contributed by atoms with E-state index in [2.05, 4.69) is 12.2 Å². The largest absolute Gasteiger partial charge is 0.379 e. The molecule has 0 aliphatic carbocycles. The van der Waals surface area contributed by atoms with Crippen molar-refractivity contribution in [1.29, 1.82) is 0 Å². The topological polar surface area (TPSA) is 75.3 Å². The molecule has 0 rings (SSSR count). The Labute approximate surface area is 161 Å². The summed E-state index contributed by atoms with van der Waals surface area (Å²) in [6, 6.07) is 0. The average molecular weight is 382 g/mol. The first-order valence-electron chi connectivity index (χ1n) is 9.86. The standard InChI is InChI=1S/C17H35NO6.C2H6.H2/c1-4-5-7-20-9-10-21-8-6-18-17(19)15-23-12-11-22-13-14-24-16(2)3;1-2;/h16H,4-15H2,1-3H3,(H,18,19);1-2H3;1H. The second-order valence-corrected chi connectivity index (χ2v) is 5.51. The molecule has 0 aromatic carbocycles. The van der Waals surface area contributed by atoms with Crippen molar-refractivity contribution in [3.8, 4) is 0 Å². The van der Waals surface area contributed by atoms with Crippen molar-refractivity contribution in [1.82, 2.24) is 5.32 Å². The summed E-state index contributed by atoms with van der Waals surface area (Å²) >= 11 is 0. The lowest BCUT2D eigenvalue weighted by Crippen LogP contribution is -2.31. The minimum atomic E-state index is -0.152. The van der Waals surface area contributed by atoms with Gasteiger partial charge in [-0.05, 0) is 20.3 Å². The normalized spacial score (nSPS) is 10.5. The number of hydrogen-bond acceptors (Lipinski definition) is 6. The van der Waals surface area contributed by atoms with Gasteiger partial charge in [0, 0.05) is 14.6 Å². The zero-order chi connectivity index (χ0) is 19.9. The van der Waals surface area contributed by atoms with Crippen LogP contribution in [0, 0.1) is 0 Å². The number of amides is 1. The maximum absolute atomic E-state index is 11.5. The van der Waals surface area contributed by atoms with Crippen molar-refractivity contribution in [3.63, 3.8) is 0 Å². The fraction of sp³-hybridized carbons (Fsp3) is 0.947. The molecule has 160 valence electrons. The molecule has 7 heteroatoms. The Morgan fingerprint density at radius 2 is 1.38 bits per heavy atom. The third-order valence-electron chi connectivity index (χ3n) is 2.87. The van der Waals surface area contributed by atoms with E-state index in [1.807, 2.05) is 27.7 Å². The minimum absolute atomic E-state index is 0. The number of carbonyl (C=O) groups is 1. The van der Waals surface area contributed by atoms with Crippen LogP contribution < -0.4 is 5.32 Å². The van der Waals surface area contributed by atoms with Crippen LogP contribution in [0.3, 0.4) is 0 Å². The Bertz CT molecular complexity index is 283. The molecule has 0 aliphatic rings. The third kappa shape index (κ3) is 25.5. The summed E-state index contributed by atoms with van der Waals surface area (Å²) in [5, 5.41) is 2.73. The smallest absolute Gasteiger partial charge is 0.246 e. The Kier molecular flexibility index (Phi) is 25.7. The molecule has 0 bridgehead atoms. The molecule has 1 N–H and O–H groups in total. The van der Waals surface area contributed by atoms with E-state index >= 15 is 0 Å². The first-order chi connectivity index (χ1) is 12.7. The minimum Gasteiger partial charge on any atom is -0.379 e. The first kappa shape index (κ1) is 27.5. The molecule has 0 aliphatic heterocycles. The molecule has 0 aromatic rings. The zero-order valence-corrected chi connectivity index (χ0v) is 17.5. The highest BCUT2D eigenvalue weighted by Crippen LogP contribution is 1.88. The Balaban J connectivity index is -0.00000185. The van der Waals surface area contributed by atoms with Crippen molar-refractivity contribution in [2.75, 3.05) is 66.0 Å². The van der Waals surface area contributed by atoms with Crippen LogP contribution in [0.5, 0.6) is 0 Å². The van der Waals surface area contributed by atoms with Crippen molar-refractivity contribution >= 4 is 5.91 Å². The molecule has 0 saturated heterocycles. The molecular formula is C19H43NO6. The Morgan fingerprint density at radius 1 is 0.846 bits per heavy atom. The molecule has 0 atom stereocenters. The van der Waals surface area contributed by atoms with E-state index < -0.39 is 0 Å². The summed E-state index contributed by atoms with van der Waals surface area (Å²) in [6.07, 6.45) is 2.42. The van der Waals surface area contributed by atoms with Crippen LogP contribution in [-0.4, -0.2) is 78.0 Å². The maximum atomic E-state index is 11.5. The van der Waals surface area contributed by atoms with Crippen LogP contribution in [0.4, 0.5) is 0 Å². The summed E-state index contributed by atoms with van der Waals surface area (Å²) in [4.78, 5) is 11.5. The zero-order valence-electron chi connectivity index (χ0n) is 17.5. The molecule has 0 aromatic heterocycles. The Morgan fingerprint density at radius 3 is 2.00 bits per heavy atom. The molecule has 26 heavy (non-hydrogen) atoms. The molecule has 0 unspecified atom stereocenters. The van der Waals surface area contributed by atoms with Gasteiger partial charge in [-0.25, -0.2) is 0 Å². The summed E-state index contributed by atoms with van der Waals surface area (Å²) in [5.74, 6) is -0.152. The summed E-state index contributed by atoms with van der Waals surface area (Å²) in [6.45, 7) is 14.9. The number of carbonyl (C=O) groups excluding carboxylic acids is 1. The number of unbranched alkanes of at least 4 members (excludes halogenated alkanes) is 1. The van der Waals surface area contributed by atoms with E-state index in [0.29, 0.717) is 52.8 Å². The summed E-state index contributed by atoms with van der Waals surface area (Å²) in [5.41, 5.74) is 0. The van der Waals surface area contributed by atoms with Gasteiger partial charge < -0.3 is 29.0 Å². The maximum Gasteiger partial charge on any atom is 0.246 e. The molecule has 0 fully saturated rings. The second kappa shape index (κ2) is 24.3. The number of nitrogens with one attached hydrogen (secondary N) is 1. The average Bonchev–Trinajstić information content (AvgIpc) is 2.64. The van der Waals surface area contributed by atoms with Gasteiger partial charge in [0.05, 0.1) is 52.4 Å². The SMILES string of the molecule is CC.CCCCOCCOCCNC(=O)COCCOCCOC(C)C.[HH]. The van der Waals surface area contributed by atoms with E-state index in [1.165, 1.54) is 0 Å². The van der Waals surface area contributed by atoms with E-state index in [-0.39, 0.29) is 20.0 Å². The van der Waals surface area contributed by atoms with Crippen molar-refractivity contribution in [3.05, 3.63) is 0 Å². The number of hydrogen-bond donors (Lipinski definition) is 1. The molecule has 0 spiro atoms. The molecular weight excluding hydrogens is 338 g/mol. The van der Waals surface area contributed by atoms with Crippen LogP contribution in [0.15, 0.2) is 0 Å². The van der Waals surface area contributed by atoms with Gasteiger partial charge in [0.25, 0.3) is 0 Å². The van der Waals surface area contributed by atoms with Gasteiger partial charge in [-0.2, -0.15) is 0 Å². The lowest BCUT2D eigenvalue weighted by Gasteiger charge is -2.09. The predicted molar refractivity (Wildman–Crippen MR) is 106 cm³/mol. The van der Waals surface area contributed by atoms with Crippen molar-refractivity contribution in [2.45, 2.75) is 53.6 Å².